The number of amides is 1. The number of nitrogens with zero attached hydrogens (tertiary/aromatic N) is 1. The number of carbonyl (C=O) groups is 1. The van der Waals surface area contributed by atoms with Crippen LogP contribution in [0.15, 0.2) is 18.2 Å². The first-order valence-electron chi connectivity index (χ1n) is 7.61. The van der Waals surface area contributed by atoms with Crippen LogP contribution in [-0.4, -0.2) is 41.7 Å². The van der Waals surface area contributed by atoms with E-state index in [4.69, 9.17) is 5.73 Å². The molecule has 4 N–H and O–H groups in total. The average Bonchev–Trinajstić information content (AvgIpc) is 2.97. The summed E-state index contributed by atoms with van der Waals surface area (Å²) in [5.74, 6) is -0.0728. The average molecular weight is 291 g/mol. The van der Waals surface area contributed by atoms with E-state index < -0.39 is 0 Å². The second-order valence-electron chi connectivity index (χ2n) is 5.72. The predicted octanol–water partition coefficient (Wildman–Crippen LogP) is 1.75. The highest BCUT2D eigenvalue weighted by molar-refractivity contribution is 5.96. The van der Waals surface area contributed by atoms with Gasteiger partial charge >= 0.3 is 0 Å². The second-order valence-corrected chi connectivity index (χ2v) is 5.72. The Morgan fingerprint density at radius 3 is 2.76 bits per heavy atom. The van der Waals surface area contributed by atoms with Crippen molar-refractivity contribution in [3.63, 3.8) is 0 Å². The van der Waals surface area contributed by atoms with Gasteiger partial charge in [0, 0.05) is 12.6 Å². The maximum absolute atomic E-state index is 12.3. The van der Waals surface area contributed by atoms with Crippen molar-refractivity contribution in [1.82, 2.24) is 4.90 Å². The van der Waals surface area contributed by atoms with Gasteiger partial charge in [0.2, 0.25) is 5.91 Å². The van der Waals surface area contributed by atoms with E-state index in [9.17, 15) is 9.90 Å². The molecule has 1 aliphatic carbocycles. The van der Waals surface area contributed by atoms with Gasteiger partial charge in [-0.3, -0.25) is 9.69 Å². The number of nitrogens with one attached hydrogen (secondary N) is 1. The topological polar surface area (TPSA) is 78.6 Å². The molecule has 116 valence electrons. The minimum atomic E-state index is -0.0728. The van der Waals surface area contributed by atoms with Gasteiger partial charge in [-0.1, -0.05) is 25.0 Å². The van der Waals surface area contributed by atoms with Crippen molar-refractivity contribution in [3.05, 3.63) is 23.8 Å². The molecule has 0 saturated heterocycles. The molecule has 0 aromatic heterocycles. The Bertz CT molecular complexity index is 464. The molecule has 5 heteroatoms. The van der Waals surface area contributed by atoms with E-state index in [2.05, 4.69) is 10.2 Å². The normalized spacial score (nSPS) is 15.6. The van der Waals surface area contributed by atoms with E-state index >= 15 is 0 Å². The van der Waals surface area contributed by atoms with Gasteiger partial charge in [0.25, 0.3) is 0 Å². The molecule has 1 amide bonds. The van der Waals surface area contributed by atoms with E-state index in [0.717, 1.165) is 18.4 Å². The lowest BCUT2D eigenvalue weighted by molar-refractivity contribution is -0.118. The Kier molecular flexibility index (Phi) is 5.59. The van der Waals surface area contributed by atoms with E-state index in [0.29, 0.717) is 30.5 Å². The molecular formula is C16H25N3O2. The maximum atomic E-state index is 12.3. The fraction of sp³-hybridized carbons (Fsp3) is 0.562. The Morgan fingerprint density at radius 2 is 2.14 bits per heavy atom. The monoisotopic (exact) mass is 291 g/mol. The highest BCUT2D eigenvalue weighted by Crippen LogP contribution is 2.24. The van der Waals surface area contributed by atoms with Gasteiger partial charge in [-0.05, 0) is 31.4 Å². The van der Waals surface area contributed by atoms with Crippen molar-refractivity contribution in [2.24, 2.45) is 0 Å². The first-order valence-corrected chi connectivity index (χ1v) is 7.61. The molecule has 0 unspecified atom stereocenters. The number of rotatable bonds is 6. The van der Waals surface area contributed by atoms with Gasteiger partial charge in [-0.15, -0.1) is 0 Å². The van der Waals surface area contributed by atoms with Crippen LogP contribution in [0.5, 0.6) is 0 Å². The number of nitrogens with two attached hydrogens (primary N) is 1. The van der Waals surface area contributed by atoms with E-state index in [1.54, 1.807) is 6.07 Å². The summed E-state index contributed by atoms with van der Waals surface area (Å²) in [6.07, 6.45) is 4.64. The van der Waals surface area contributed by atoms with Crippen LogP contribution in [0.25, 0.3) is 0 Å². The number of anilines is 2. The van der Waals surface area contributed by atoms with Crippen LogP contribution >= 0.6 is 0 Å². The lowest BCUT2D eigenvalue weighted by atomic mass is 10.1. The molecule has 5 nitrogen and oxygen atoms in total. The number of aryl methyl sites for hydroxylation is 1. The van der Waals surface area contributed by atoms with Crippen LogP contribution < -0.4 is 11.1 Å². The Morgan fingerprint density at radius 1 is 1.43 bits per heavy atom. The van der Waals surface area contributed by atoms with Gasteiger partial charge < -0.3 is 16.2 Å². The quantitative estimate of drug-likeness (QED) is 0.698. The van der Waals surface area contributed by atoms with Gasteiger partial charge in [-0.2, -0.15) is 0 Å². The maximum Gasteiger partial charge on any atom is 0.238 e. The number of para-hydroxylation sites is 1. The number of hydrogen-bond donors (Lipinski definition) is 3. The zero-order chi connectivity index (χ0) is 15.2. The van der Waals surface area contributed by atoms with Crippen molar-refractivity contribution in [2.45, 2.75) is 38.6 Å². The van der Waals surface area contributed by atoms with Crippen LogP contribution in [0.4, 0.5) is 11.4 Å². The molecule has 2 rings (SSSR count). The zero-order valence-corrected chi connectivity index (χ0v) is 12.6. The standard InChI is InChI=1S/C16H25N3O2/c1-12-5-4-8-14(17)16(12)18-15(21)11-19(9-10-20)13-6-2-3-7-13/h4-5,8,13,20H,2-3,6-7,9-11,17H2,1H3,(H,18,21). The van der Waals surface area contributed by atoms with Crippen molar-refractivity contribution in [2.75, 3.05) is 30.7 Å². The highest BCUT2D eigenvalue weighted by Gasteiger charge is 2.24. The first-order chi connectivity index (χ1) is 10.1. The first kappa shape index (κ1) is 15.8. The molecular weight excluding hydrogens is 266 g/mol. The van der Waals surface area contributed by atoms with Crippen LogP contribution in [0.3, 0.4) is 0 Å². The SMILES string of the molecule is Cc1cccc(N)c1NC(=O)CN(CCO)C1CCCC1. The smallest absolute Gasteiger partial charge is 0.238 e. The predicted molar refractivity (Wildman–Crippen MR) is 85.1 cm³/mol. The molecule has 0 heterocycles. The van der Waals surface area contributed by atoms with Crippen LogP contribution in [0.1, 0.15) is 31.2 Å². The molecule has 0 radical (unpaired) electrons. The highest BCUT2D eigenvalue weighted by atomic mass is 16.3. The third kappa shape index (κ3) is 4.19. The van der Waals surface area contributed by atoms with Crippen molar-refractivity contribution in [1.29, 1.82) is 0 Å². The molecule has 21 heavy (non-hydrogen) atoms. The minimum Gasteiger partial charge on any atom is -0.397 e. The summed E-state index contributed by atoms with van der Waals surface area (Å²) in [6.45, 7) is 2.85. The molecule has 1 saturated carbocycles. The van der Waals surface area contributed by atoms with E-state index in [-0.39, 0.29) is 12.5 Å². The van der Waals surface area contributed by atoms with Gasteiger partial charge in [0.05, 0.1) is 24.5 Å². The van der Waals surface area contributed by atoms with Crippen molar-refractivity contribution >= 4 is 17.3 Å². The van der Waals surface area contributed by atoms with Crippen molar-refractivity contribution < 1.29 is 9.90 Å². The molecule has 1 aliphatic rings. The van der Waals surface area contributed by atoms with E-state index in [1.807, 2.05) is 19.1 Å². The summed E-state index contributed by atoms with van der Waals surface area (Å²) < 4.78 is 0. The Labute approximate surface area is 126 Å². The molecule has 1 aromatic rings. The summed E-state index contributed by atoms with van der Waals surface area (Å²) in [4.78, 5) is 14.3. The number of aliphatic hydroxyl groups excluding tert-OH is 1. The largest absolute Gasteiger partial charge is 0.397 e. The lowest BCUT2D eigenvalue weighted by Crippen LogP contribution is -2.41. The van der Waals surface area contributed by atoms with Gasteiger partial charge in [0.1, 0.15) is 0 Å². The molecule has 0 bridgehead atoms. The third-order valence-corrected chi connectivity index (χ3v) is 4.14. The fourth-order valence-corrected chi connectivity index (χ4v) is 3.01. The molecule has 0 aliphatic heterocycles. The second kappa shape index (κ2) is 7.43. The van der Waals surface area contributed by atoms with Crippen LogP contribution in [0, 0.1) is 6.92 Å². The zero-order valence-electron chi connectivity index (χ0n) is 12.6. The minimum absolute atomic E-state index is 0.0728. The summed E-state index contributed by atoms with van der Waals surface area (Å²) in [5.41, 5.74) is 8.14. The molecule has 1 aromatic carbocycles. The lowest BCUT2D eigenvalue weighted by Gasteiger charge is -2.27. The molecule has 1 fully saturated rings. The van der Waals surface area contributed by atoms with Gasteiger partial charge in [-0.25, -0.2) is 0 Å². The molecule has 0 spiro atoms. The fourth-order valence-electron chi connectivity index (χ4n) is 3.01. The summed E-state index contributed by atoms with van der Waals surface area (Å²) >= 11 is 0. The number of aliphatic hydroxyl groups is 1. The van der Waals surface area contributed by atoms with Crippen LogP contribution in [-0.2, 0) is 4.79 Å². The van der Waals surface area contributed by atoms with Crippen LogP contribution in [0.2, 0.25) is 0 Å². The van der Waals surface area contributed by atoms with Crippen molar-refractivity contribution in [3.8, 4) is 0 Å². The number of hydrogen-bond acceptors (Lipinski definition) is 4. The number of benzene rings is 1. The Balaban J connectivity index is 1.98. The summed E-state index contributed by atoms with van der Waals surface area (Å²) in [5, 5.41) is 12.1. The van der Waals surface area contributed by atoms with Gasteiger partial charge in [0.15, 0.2) is 0 Å². The summed E-state index contributed by atoms with van der Waals surface area (Å²) in [7, 11) is 0. The summed E-state index contributed by atoms with van der Waals surface area (Å²) in [6, 6.07) is 5.99. The van der Waals surface area contributed by atoms with E-state index in [1.165, 1.54) is 12.8 Å². The Hall–Kier alpha value is -1.59. The number of carbonyl (C=O) groups excluding carboxylic acids is 1. The third-order valence-electron chi connectivity index (χ3n) is 4.14. The number of nitrogen functional groups attached to an aromatic ring is 1. The molecule has 0 atom stereocenters.